The number of nitrogens with one attached hydrogen (secondary N) is 1. The Kier molecular flexibility index (Phi) is 5.56. The first kappa shape index (κ1) is 14.1. The van der Waals surface area contributed by atoms with Crippen molar-refractivity contribution in [3.63, 3.8) is 0 Å². The van der Waals surface area contributed by atoms with Gasteiger partial charge in [0, 0.05) is 11.6 Å². The van der Waals surface area contributed by atoms with Crippen LogP contribution in [0.3, 0.4) is 0 Å². The van der Waals surface area contributed by atoms with Crippen molar-refractivity contribution in [1.29, 1.82) is 0 Å². The molecule has 0 bridgehead atoms. The zero-order valence-electron chi connectivity index (χ0n) is 10.8. The number of rotatable bonds is 6. The monoisotopic (exact) mass is 241 g/mol. The maximum Gasteiger partial charge on any atom is 0.130 e. The standard InChI is InChI=1S/C14H21F2N/c1-4-11(5-2)9-17-10(3)14-12(15)7-6-8-13(14)16/h6-8,10-11,17H,4-5,9H2,1-3H3. The van der Waals surface area contributed by atoms with Gasteiger partial charge in [-0.2, -0.15) is 0 Å². The lowest BCUT2D eigenvalue weighted by Crippen LogP contribution is -2.26. The molecule has 1 unspecified atom stereocenters. The van der Waals surface area contributed by atoms with Crippen molar-refractivity contribution in [3.05, 3.63) is 35.4 Å². The van der Waals surface area contributed by atoms with E-state index >= 15 is 0 Å². The van der Waals surface area contributed by atoms with E-state index in [-0.39, 0.29) is 11.6 Å². The molecule has 0 spiro atoms. The van der Waals surface area contributed by atoms with Crippen LogP contribution in [0.4, 0.5) is 8.78 Å². The van der Waals surface area contributed by atoms with Gasteiger partial charge in [0.05, 0.1) is 0 Å². The second-order valence-electron chi connectivity index (χ2n) is 4.45. The van der Waals surface area contributed by atoms with Crippen LogP contribution in [0.5, 0.6) is 0 Å². The van der Waals surface area contributed by atoms with E-state index in [2.05, 4.69) is 19.2 Å². The third-order valence-corrected chi connectivity index (χ3v) is 3.30. The van der Waals surface area contributed by atoms with Crippen LogP contribution in [0.1, 0.15) is 45.2 Å². The summed E-state index contributed by atoms with van der Waals surface area (Å²) in [5.74, 6) is -0.392. The highest BCUT2D eigenvalue weighted by Gasteiger charge is 2.16. The summed E-state index contributed by atoms with van der Waals surface area (Å²) in [6.45, 7) is 6.85. The van der Waals surface area contributed by atoms with Gasteiger partial charge in [0.15, 0.2) is 0 Å². The Morgan fingerprint density at radius 2 is 1.65 bits per heavy atom. The van der Waals surface area contributed by atoms with Crippen molar-refractivity contribution >= 4 is 0 Å². The molecule has 1 aromatic rings. The molecule has 1 atom stereocenters. The van der Waals surface area contributed by atoms with Gasteiger partial charge in [-0.15, -0.1) is 0 Å². The lowest BCUT2D eigenvalue weighted by atomic mass is 10.0. The average molecular weight is 241 g/mol. The fraction of sp³-hybridized carbons (Fsp3) is 0.571. The molecule has 1 aromatic carbocycles. The normalized spacial score (nSPS) is 13.1. The zero-order valence-corrected chi connectivity index (χ0v) is 10.8. The Bertz CT molecular complexity index is 328. The van der Waals surface area contributed by atoms with Gasteiger partial charge in [0.1, 0.15) is 11.6 Å². The first-order chi connectivity index (χ1) is 8.10. The van der Waals surface area contributed by atoms with E-state index in [4.69, 9.17) is 0 Å². The molecule has 3 heteroatoms. The van der Waals surface area contributed by atoms with Gasteiger partial charge in [-0.3, -0.25) is 0 Å². The third kappa shape index (κ3) is 3.77. The van der Waals surface area contributed by atoms with Crippen LogP contribution in [0, 0.1) is 17.6 Å². The Balaban J connectivity index is 2.66. The van der Waals surface area contributed by atoms with Gasteiger partial charge in [-0.1, -0.05) is 32.8 Å². The molecule has 0 heterocycles. The Hall–Kier alpha value is -0.960. The summed E-state index contributed by atoms with van der Waals surface area (Å²) in [6, 6.07) is 3.69. The molecule has 1 nitrogen and oxygen atoms in total. The van der Waals surface area contributed by atoms with E-state index in [0.717, 1.165) is 19.4 Å². The van der Waals surface area contributed by atoms with Crippen LogP contribution in [0.2, 0.25) is 0 Å². The minimum atomic E-state index is -0.477. The number of benzene rings is 1. The van der Waals surface area contributed by atoms with E-state index in [1.54, 1.807) is 6.92 Å². The van der Waals surface area contributed by atoms with E-state index in [9.17, 15) is 8.78 Å². The molecule has 0 aliphatic carbocycles. The lowest BCUT2D eigenvalue weighted by molar-refractivity contribution is 0.408. The summed E-state index contributed by atoms with van der Waals surface area (Å²) in [5.41, 5.74) is 0.137. The molecule has 0 saturated heterocycles. The molecule has 0 radical (unpaired) electrons. The van der Waals surface area contributed by atoms with Crippen LogP contribution >= 0.6 is 0 Å². The summed E-state index contributed by atoms with van der Waals surface area (Å²) in [4.78, 5) is 0. The van der Waals surface area contributed by atoms with Crippen molar-refractivity contribution in [2.24, 2.45) is 5.92 Å². The van der Waals surface area contributed by atoms with Crippen LogP contribution < -0.4 is 5.32 Å². The quantitative estimate of drug-likeness (QED) is 0.792. The van der Waals surface area contributed by atoms with Crippen LogP contribution in [-0.2, 0) is 0 Å². The van der Waals surface area contributed by atoms with Gasteiger partial charge < -0.3 is 5.32 Å². The Morgan fingerprint density at radius 3 is 2.12 bits per heavy atom. The minimum Gasteiger partial charge on any atom is -0.310 e. The van der Waals surface area contributed by atoms with Crippen molar-refractivity contribution in [2.45, 2.75) is 39.7 Å². The van der Waals surface area contributed by atoms with Crippen LogP contribution in [0.25, 0.3) is 0 Å². The fourth-order valence-corrected chi connectivity index (χ4v) is 1.95. The number of hydrogen-bond acceptors (Lipinski definition) is 1. The highest BCUT2D eigenvalue weighted by Crippen LogP contribution is 2.20. The molecule has 1 N–H and O–H groups in total. The van der Waals surface area contributed by atoms with E-state index in [1.165, 1.54) is 18.2 Å². The summed E-state index contributed by atoms with van der Waals surface area (Å²) in [7, 11) is 0. The minimum absolute atomic E-state index is 0.137. The molecule has 0 amide bonds. The summed E-state index contributed by atoms with van der Waals surface area (Å²) in [6.07, 6.45) is 2.16. The maximum atomic E-state index is 13.5. The molecule has 0 aromatic heterocycles. The SMILES string of the molecule is CCC(CC)CNC(C)c1c(F)cccc1F. The highest BCUT2D eigenvalue weighted by molar-refractivity contribution is 5.22. The second kappa shape index (κ2) is 6.70. The molecule has 0 aliphatic heterocycles. The average Bonchev–Trinajstić information content (AvgIpc) is 2.30. The van der Waals surface area contributed by atoms with Crippen molar-refractivity contribution in [1.82, 2.24) is 5.32 Å². The Morgan fingerprint density at radius 1 is 1.12 bits per heavy atom. The van der Waals surface area contributed by atoms with Gasteiger partial charge in [0.25, 0.3) is 0 Å². The van der Waals surface area contributed by atoms with Crippen LogP contribution in [0.15, 0.2) is 18.2 Å². The van der Waals surface area contributed by atoms with Crippen molar-refractivity contribution in [2.75, 3.05) is 6.54 Å². The maximum absolute atomic E-state index is 13.5. The highest BCUT2D eigenvalue weighted by atomic mass is 19.1. The predicted molar refractivity (Wildman–Crippen MR) is 66.8 cm³/mol. The number of halogens is 2. The zero-order chi connectivity index (χ0) is 12.8. The topological polar surface area (TPSA) is 12.0 Å². The molecular formula is C14H21F2N. The summed E-state index contributed by atoms with van der Waals surface area (Å²) >= 11 is 0. The molecule has 0 aliphatic rings. The van der Waals surface area contributed by atoms with Gasteiger partial charge in [-0.05, 0) is 31.5 Å². The fourth-order valence-electron chi connectivity index (χ4n) is 1.95. The smallest absolute Gasteiger partial charge is 0.130 e. The third-order valence-electron chi connectivity index (χ3n) is 3.30. The largest absolute Gasteiger partial charge is 0.310 e. The molecule has 0 saturated carbocycles. The molecular weight excluding hydrogens is 220 g/mol. The van der Waals surface area contributed by atoms with Gasteiger partial charge >= 0.3 is 0 Å². The Labute approximate surface area is 102 Å². The number of hydrogen-bond donors (Lipinski definition) is 1. The molecule has 17 heavy (non-hydrogen) atoms. The predicted octanol–water partition coefficient (Wildman–Crippen LogP) is 4.05. The summed E-state index contributed by atoms with van der Waals surface area (Å²) < 4.78 is 27.0. The lowest BCUT2D eigenvalue weighted by Gasteiger charge is -2.19. The second-order valence-corrected chi connectivity index (χ2v) is 4.45. The van der Waals surface area contributed by atoms with E-state index in [0.29, 0.717) is 5.92 Å². The molecule has 1 rings (SSSR count). The van der Waals surface area contributed by atoms with E-state index < -0.39 is 11.6 Å². The van der Waals surface area contributed by atoms with Gasteiger partial charge in [0.2, 0.25) is 0 Å². The first-order valence-electron chi connectivity index (χ1n) is 6.27. The first-order valence-corrected chi connectivity index (χ1v) is 6.27. The molecule has 0 fully saturated rings. The van der Waals surface area contributed by atoms with E-state index in [1.807, 2.05) is 0 Å². The van der Waals surface area contributed by atoms with Crippen LogP contribution in [-0.4, -0.2) is 6.54 Å². The summed E-state index contributed by atoms with van der Waals surface area (Å²) in [5, 5.41) is 3.20. The van der Waals surface area contributed by atoms with Crippen molar-refractivity contribution < 1.29 is 8.78 Å². The van der Waals surface area contributed by atoms with Crippen molar-refractivity contribution in [3.8, 4) is 0 Å². The molecule has 96 valence electrons. The van der Waals surface area contributed by atoms with Gasteiger partial charge in [-0.25, -0.2) is 8.78 Å².